The molecule has 1 saturated heterocycles. The lowest BCUT2D eigenvalue weighted by molar-refractivity contribution is 0.192. The van der Waals surface area contributed by atoms with Crippen molar-refractivity contribution in [1.82, 2.24) is 14.7 Å². The molecule has 0 radical (unpaired) electrons. The maximum absolute atomic E-state index is 12.3. The fourth-order valence-electron chi connectivity index (χ4n) is 2.62. The number of likely N-dealkylation sites (tertiary alicyclic amines) is 1. The highest BCUT2D eigenvalue weighted by Gasteiger charge is 2.26. The number of rotatable bonds is 2. The van der Waals surface area contributed by atoms with Gasteiger partial charge in [0.05, 0.1) is 16.4 Å². The number of urea groups is 1. The van der Waals surface area contributed by atoms with E-state index in [9.17, 15) is 4.79 Å². The van der Waals surface area contributed by atoms with Crippen molar-refractivity contribution < 1.29 is 4.79 Å². The summed E-state index contributed by atoms with van der Waals surface area (Å²) in [4.78, 5) is 14.2. The minimum atomic E-state index is -0.0871. The van der Waals surface area contributed by atoms with E-state index in [1.165, 1.54) is 11.3 Å². The van der Waals surface area contributed by atoms with Crippen molar-refractivity contribution in [3.8, 4) is 0 Å². The van der Waals surface area contributed by atoms with Gasteiger partial charge in [0, 0.05) is 43.0 Å². The van der Waals surface area contributed by atoms with Crippen LogP contribution in [0.1, 0.15) is 24.5 Å². The van der Waals surface area contributed by atoms with Gasteiger partial charge in [-0.3, -0.25) is 4.68 Å². The monoisotopic (exact) mass is 324 g/mol. The van der Waals surface area contributed by atoms with Gasteiger partial charge in [-0.25, -0.2) is 4.79 Å². The van der Waals surface area contributed by atoms with E-state index in [1.807, 2.05) is 35.0 Å². The first-order chi connectivity index (χ1) is 10.1. The Morgan fingerprint density at radius 2 is 2.38 bits per heavy atom. The van der Waals surface area contributed by atoms with E-state index in [4.69, 9.17) is 11.6 Å². The number of nitrogens with one attached hydrogen (secondary N) is 1. The van der Waals surface area contributed by atoms with Gasteiger partial charge in [0.25, 0.3) is 0 Å². The van der Waals surface area contributed by atoms with Crippen molar-refractivity contribution in [2.75, 3.05) is 18.4 Å². The van der Waals surface area contributed by atoms with Gasteiger partial charge in [0.2, 0.25) is 0 Å². The van der Waals surface area contributed by atoms with Crippen molar-refractivity contribution in [2.45, 2.75) is 18.8 Å². The number of hydrogen-bond donors (Lipinski definition) is 1. The van der Waals surface area contributed by atoms with E-state index in [0.29, 0.717) is 23.2 Å². The van der Waals surface area contributed by atoms with E-state index >= 15 is 0 Å². The molecule has 1 atom stereocenters. The SMILES string of the molecule is Cn1ccc(C2CCCN(C(=O)Nc3cscc3Cl)C2)n1. The van der Waals surface area contributed by atoms with Gasteiger partial charge in [-0.2, -0.15) is 5.10 Å². The van der Waals surface area contributed by atoms with Crippen molar-refractivity contribution in [3.05, 3.63) is 33.7 Å². The largest absolute Gasteiger partial charge is 0.324 e. The van der Waals surface area contributed by atoms with Gasteiger partial charge in [-0.1, -0.05) is 11.6 Å². The number of amides is 2. The van der Waals surface area contributed by atoms with E-state index in [2.05, 4.69) is 10.4 Å². The highest BCUT2D eigenvalue weighted by Crippen LogP contribution is 2.28. The zero-order chi connectivity index (χ0) is 14.8. The number of halogens is 1. The second kappa shape index (κ2) is 6.07. The van der Waals surface area contributed by atoms with Crippen LogP contribution in [0.25, 0.3) is 0 Å². The molecule has 1 aliphatic rings. The number of piperidine rings is 1. The van der Waals surface area contributed by atoms with Crippen LogP contribution in [0, 0.1) is 0 Å². The summed E-state index contributed by atoms with van der Waals surface area (Å²) in [5.74, 6) is 0.309. The maximum Gasteiger partial charge on any atom is 0.321 e. The lowest BCUT2D eigenvalue weighted by Gasteiger charge is -2.32. The van der Waals surface area contributed by atoms with Crippen LogP contribution in [0.5, 0.6) is 0 Å². The highest BCUT2D eigenvalue weighted by molar-refractivity contribution is 7.09. The van der Waals surface area contributed by atoms with Crippen LogP contribution in [0.15, 0.2) is 23.0 Å². The fraction of sp³-hybridized carbons (Fsp3) is 0.429. The maximum atomic E-state index is 12.3. The number of aromatic nitrogens is 2. The Morgan fingerprint density at radius 1 is 1.52 bits per heavy atom. The third-order valence-electron chi connectivity index (χ3n) is 3.72. The normalized spacial score (nSPS) is 18.8. The first kappa shape index (κ1) is 14.4. The van der Waals surface area contributed by atoms with Crippen LogP contribution in [0.4, 0.5) is 10.5 Å². The first-order valence-corrected chi connectivity index (χ1v) is 8.22. The summed E-state index contributed by atoms with van der Waals surface area (Å²) in [5.41, 5.74) is 1.75. The lowest BCUT2D eigenvalue weighted by Crippen LogP contribution is -2.41. The molecule has 1 aliphatic heterocycles. The molecule has 3 heterocycles. The Hall–Kier alpha value is -1.53. The Labute approximate surface area is 132 Å². The molecule has 7 heteroatoms. The molecule has 112 valence electrons. The van der Waals surface area contributed by atoms with Gasteiger partial charge in [0.1, 0.15) is 0 Å². The van der Waals surface area contributed by atoms with Gasteiger partial charge >= 0.3 is 6.03 Å². The predicted molar refractivity (Wildman–Crippen MR) is 85.1 cm³/mol. The van der Waals surface area contributed by atoms with E-state index in [-0.39, 0.29) is 6.03 Å². The number of hydrogen-bond acceptors (Lipinski definition) is 3. The third kappa shape index (κ3) is 3.22. The zero-order valence-electron chi connectivity index (χ0n) is 11.8. The fourth-order valence-corrected chi connectivity index (χ4v) is 3.58. The van der Waals surface area contributed by atoms with Gasteiger partial charge in [-0.05, 0) is 18.9 Å². The molecule has 1 fully saturated rings. The molecule has 0 aromatic carbocycles. The van der Waals surface area contributed by atoms with E-state index in [1.54, 1.807) is 4.68 Å². The molecular formula is C14H17ClN4OS. The minimum Gasteiger partial charge on any atom is -0.324 e. The second-order valence-electron chi connectivity index (χ2n) is 5.26. The van der Waals surface area contributed by atoms with Crippen molar-refractivity contribution >= 4 is 34.7 Å². The summed E-state index contributed by atoms with van der Waals surface area (Å²) in [6.07, 6.45) is 4.01. The molecule has 3 rings (SSSR count). The number of carbonyl (C=O) groups is 1. The molecule has 5 nitrogen and oxygen atoms in total. The smallest absolute Gasteiger partial charge is 0.321 e. The zero-order valence-corrected chi connectivity index (χ0v) is 13.3. The van der Waals surface area contributed by atoms with Crippen LogP contribution >= 0.6 is 22.9 Å². The molecule has 21 heavy (non-hydrogen) atoms. The van der Waals surface area contributed by atoms with Crippen LogP contribution in [-0.4, -0.2) is 33.8 Å². The second-order valence-corrected chi connectivity index (χ2v) is 6.41. The standard InChI is InChI=1S/C14H17ClN4OS/c1-18-6-4-12(17-18)10-3-2-5-19(7-10)14(20)16-13-9-21-8-11(13)15/h4,6,8-10H,2-3,5,7H2,1H3,(H,16,20). The highest BCUT2D eigenvalue weighted by atomic mass is 35.5. The molecule has 0 spiro atoms. The molecule has 0 saturated carbocycles. The number of anilines is 1. The summed E-state index contributed by atoms with van der Waals surface area (Å²) in [6, 6.07) is 1.94. The number of nitrogens with zero attached hydrogens (tertiary/aromatic N) is 3. The van der Waals surface area contributed by atoms with E-state index < -0.39 is 0 Å². The van der Waals surface area contributed by atoms with Gasteiger partial charge in [0.15, 0.2) is 0 Å². The summed E-state index contributed by atoms with van der Waals surface area (Å²) in [6.45, 7) is 1.47. The molecule has 0 aliphatic carbocycles. The topological polar surface area (TPSA) is 50.2 Å². The van der Waals surface area contributed by atoms with Crippen LogP contribution in [0.3, 0.4) is 0 Å². The van der Waals surface area contributed by atoms with Crippen LogP contribution in [0.2, 0.25) is 5.02 Å². The molecule has 0 bridgehead atoms. The number of thiophene rings is 1. The quantitative estimate of drug-likeness (QED) is 0.918. The van der Waals surface area contributed by atoms with Gasteiger partial charge in [-0.15, -0.1) is 11.3 Å². The summed E-state index contributed by atoms with van der Waals surface area (Å²) >= 11 is 7.49. The molecule has 2 amide bonds. The molecular weight excluding hydrogens is 308 g/mol. The van der Waals surface area contributed by atoms with Crippen LogP contribution in [-0.2, 0) is 7.05 Å². The number of aryl methyl sites for hydroxylation is 1. The minimum absolute atomic E-state index is 0.0871. The Balaban J connectivity index is 1.65. The first-order valence-electron chi connectivity index (χ1n) is 6.90. The molecule has 2 aromatic rings. The summed E-state index contributed by atoms with van der Waals surface area (Å²) < 4.78 is 1.81. The Morgan fingerprint density at radius 3 is 3.05 bits per heavy atom. The predicted octanol–water partition coefficient (Wildman–Crippen LogP) is 3.55. The molecule has 1 unspecified atom stereocenters. The summed E-state index contributed by atoms with van der Waals surface area (Å²) in [7, 11) is 1.91. The lowest BCUT2D eigenvalue weighted by atomic mass is 9.95. The van der Waals surface area contributed by atoms with Crippen molar-refractivity contribution in [3.63, 3.8) is 0 Å². The third-order valence-corrected chi connectivity index (χ3v) is 4.90. The Bertz CT molecular complexity index is 638. The van der Waals surface area contributed by atoms with E-state index in [0.717, 1.165) is 25.1 Å². The molecule has 2 aromatic heterocycles. The molecule has 1 N–H and O–H groups in total. The van der Waals surface area contributed by atoms with Crippen molar-refractivity contribution in [2.24, 2.45) is 7.05 Å². The Kier molecular flexibility index (Phi) is 4.17. The van der Waals surface area contributed by atoms with Crippen LogP contribution < -0.4 is 5.32 Å². The average Bonchev–Trinajstić information content (AvgIpc) is 3.08. The number of carbonyl (C=O) groups excluding carboxylic acids is 1. The average molecular weight is 325 g/mol. The van der Waals surface area contributed by atoms with Crippen molar-refractivity contribution in [1.29, 1.82) is 0 Å². The summed E-state index contributed by atoms with van der Waals surface area (Å²) in [5, 5.41) is 11.6. The van der Waals surface area contributed by atoms with Gasteiger partial charge < -0.3 is 10.2 Å².